The second-order valence-electron chi connectivity index (χ2n) is 5.72. The topological polar surface area (TPSA) is 81.4 Å². The van der Waals surface area contributed by atoms with E-state index < -0.39 is 10.0 Å². The van der Waals surface area contributed by atoms with Gasteiger partial charge in [0.2, 0.25) is 10.0 Å². The number of nitrogens with two attached hydrogens (primary N) is 1. The number of rotatable bonds is 5. The van der Waals surface area contributed by atoms with E-state index in [2.05, 4.69) is 27.6 Å². The van der Waals surface area contributed by atoms with Crippen LogP contribution in [-0.2, 0) is 21.3 Å². The number of benzene rings is 1. The Morgan fingerprint density at radius 2 is 2.05 bits per heavy atom. The van der Waals surface area contributed by atoms with Crippen LogP contribution in [0.15, 0.2) is 27.6 Å². The van der Waals surface area contributed by atoms with Crippen LogP contribution in [0.4, 0.5) is 0 Å². The SMILES string of the molecule is CC1(CNS(=O)(=O)c2cc(CN)ccc2Br)CCOCC1. The summed E-state index contributed by atoms with van der Waals surface area (Å²) in [6, 6.07) is 5.13. The van der Waals surface area contributed by atoms with E-state index in [9.17, 15) is 8.42 Å². The highest BCUT2D eigenvalue weighted by Crippen LogP contribution is 2.30. The van der Waals surface area contributed by atoms with Crippen LogP contribution in [0, 0.1) is 5.41 Å². The lowest BCUT2D eigenvalue weighted by molar-refractivity contribution is 0.0264. The average molecular weight is 377 g/mol. The smallest absolute Gasteiger partial charge is 0.241 e. The summed E-state index contributed by atoms with van der Waals surface area (Å²) in [5.74, 6) is 0. The molecule has 7 heteroatoms. The zero-order valence-corrected chi connectivity index (χ0v) is 14.5. The fourth-order valence-electron chi connectivity index (χ4n) is 2.27. The molecule has 0 unspecified atom stereocenters. The molecular weight excluding hydrogens is 356 g/mol. The molecule has 0 aromatic heterocycles. The Labute approximate surface area is 134 Å². The van der Waals surface area contributed by atoms with E-state index in [1.807, 2.05) is 6.07 Å². The minimum absolute atomic E-state index is 0.0523. The first-order chi connectivity index (χ1) is 9.86. The number of hydrogen-bond donors (Lipinski definition) is 2. The van der Waals surface area contributed by atoms with Crippen molar-refractivity contribution in [1.82, 2.24) is 4.72 Å². The lowest BCUT2D eigenvalue weighted by atomic mass is 9.83. The molecule has 1 aliphatic heterocycles. The molecule has 0 spiro atoms. The van der Waals surface area contributed by atoms with E-state index in [0.717, 1.165) is 18.4 Å². The van der Waals surface area contributed by atoms with Gasteiger partial charge in [0.1, 0.15) is 0 Å². The van der Waals surface area contributed by atoms with Crippen LogP contribution < -0.4 is 10.5 Å². The van der Waals surface area contributed by atoms with Crippen molar-refractivity contribution in [2.45, 2.75) is 31.2 Å². The summed E-state index contributed by atoms with van der Waals surface area (Å²) < 4.78 is 33.6. The van der Waals surface area contributed by atoms with Gasteiger partial charge in [-0.2, -0.15) is 0 Å². The van der Waals surface area contributed by atoms with Crippen molar-refractivity contribution in [3.05, 3.63) is 28.2 Å². The van der Waals surface area contributed by atoms with Gasteiger partial charge >= 0.3 is 0 Å². The fourth-order valence-corrected chi connectivity index (χ4v) is 4.48. The van der Waals surface area contributed by atoms with Crippen molar-refractivity contribution in [3.63, 3.8) is 0 Å². The van der Waals surface area contributed by atoms with E-state index >= 15 is 0 Å². The van der Waals surface area contributed by atoms with Crippen molar-refractivity contribution >= 4 is 26.0 Å². The molecule has 1 aromatic carbocycles. The molecule has 0 atom stereocenters. The van der Waals surface area contributed by atoms with E-state index in [0.29, 0.717) is 30.8 Å². The zero-order chi connectivity index (χ0) is 15.5. The standard InChI is InChI=1S/C14H21BrN2O3S/c1-14(4-6-20-7-5-14)10-17-21(18,19)13-8-11(9-16)2-3-12(13)15/h2-3,8,17H,4-7,9-10,16H2,1H3. The van der Waals surface area contributed by atoms with Crippen LogP contribution >= 0.6 is 15.9 Å². The van der Waals surface area contributed by atoms with Crippen LogP contribution in [0.3, 0.4) is 0 Å². The summed E-state index contributed by atoms with van der Waals surface area (Å²) in [4.78, 5) is 0.237. The fraction of sp³-hybridized carbons (Fsp3) is 0.571. The molecule has 3 N–H and O–H groups in total. The van der Waals surface area contributed by atoms with Gasteiger partial charge in [0, 0.05) is 30.8 Å². The third kappa shape index (κ3) is 4.26. The van der Waals surface area contributed by atoms with Crippen molar-refractivity contribution in [1.29, 1.82) is 0 Å². The molecule has 0 amide bonds. The molecule has 0 aliphatic carbocycles. The van der Waals surface area contributed by atoms with Crippen LogP contribution in [0.1, 0.15) is 25.3 Å². The molecular formula is C14H21BrN2O3S. The Balaban J connectivity index is 2.15. The maximum Gasteiger partial charge on any atom is 0.241 e. The molecule has 2 rings (SSSR count). The Hall–Kier alpha value is -0.470. The molecule has 1 heterocycles. The van der Waals surface area contributed by atoms with Gasteiger partial charge in [0.25, 0.3) is 0 Å². The average Bonchev–Trinajstić information content (AvgIpc) is 2.47. The van der Waals surface area contributed by atoms with Crippen molar-refractivity contribution in [2.24, 2.45) is 11.1 Å². The van der Waals surface area contributed by atoms with Crippen molar-refractivity contribution < 1.29 is 13.2 Å². The number of ether oxygens (including phenoxy) is 1. The second kappa shape index (κ2) is 6.75. The van der Waals surface area contributed by atoms with Crippen molar-refractivity contribution in [3.8, 4) is 0 Å². The van der Waals surface area contributed by atoms with E-state index in [-0.39, 0.29) is 10.3 Å². The summed E-state index contributed by atoms with van der Waals surface area (Å²) >= 11 is 3.29. The molecule has 21 heavy (non-hydrogen) atoms. The predicted octanol–water partition coefficient (Wildman–Crippen LogP) is 2.00. The molecule has 0 bridgehead atoms. The van der Waals surface area contributed by atoms with Gasteiger partial charge in [-0.25, -0.2) is 13.1 Å². The highest BCUT2D eigenvalue weighted by Gasteiger charge is 2.29. The largest absolute Gasteiger partial charge is 0.381 e. The lowest BCUT2D eigenvalue weighted by Gasteiger charge is -2.33. The third-order valence-corrected chi connectivity index (χ3v) is 6.30. The second-order valence-corrected chi connectivity index (χ2v) is 8.31. The summed E-state index contributed by atoms with van der Waals surface area (Å²) in [6.07, 6.45) is 1.72. The number of hydrogen-bond acceptors (Lipinski definition) is 4. The molecule has 118 valence electrons. The first-order valence-electron chi connectivity index (χ1n) is 6.92. The first kappa shape index (κ1) is 16.9. The van der Waals surface area contributed by atoms with Crippen LogP contribution in [0.2, 0.25) is 0 Å². The highest BCUT2D eigenvalue weighted by molar-refractivity contribution is 9.10. The first-order valence-corrected chi connectivity index (χ1v) is 9.20. The van der Waals surface area contributed by atoms with Gasteiger partial charge in [0.05, 0.1) is 4.90 Å². The molecule has 1 saturated heterocycles. The third-order valence-electron chi connectivity index (χ3n) is 3.91. The number of nitrogens with one attached hydrogen (secondary N) is 1. The molecule has 0 radical (unpaired) electrons. The normalized spacial score (nSPS) is 18.6. The molecule has 0 saturated carbocycles. The summed E-state index contributed by atoms with van der Waals surface area (Å²) in [5.41, 5.74) is 6.32. The van der Waals surface area contributed by atoms with Gasteiger partial charge in [-0.15, -0.1) is 0 Å². The van der Waals surface area contributed by atoms with E-state index in [4.69, 9.17) is 10.5 Å². The number of sulfonamides is 1. The summed E-state index contributed by atoms with van der Waals surface area (Å²) in [5, 5.41) is 0. The van der Waals surface area contributed by atoms with Crippen LogP contribution in [0.5, 0.6) is 0 Å². The van der Waals surface area contributed by atoms with E-state index in [1.54, 1.807) is 12.1 Å². The summed E-state index contributed by atoms with van der Waals surface area (Å²) in [6.45, 7) is 4.18. The lowest BCUT2D eigenvalue weighted by Crippen LogP contribution is -2.39. The van der Waals surface area contributed by atoms with Crippen molar-refractivity contribution in [2.75, 3.05) is 19.8 Å². The number of halogens is 1. The Bertz CT molecular complexity index is 598. The minimum atomic E-state index is -3.55. The Kier molecular flexibility index (Phi) is 5.43. The maximum absolute atomic E-state index is 12.5. The van der Waals surface area contributed by atoms with Gasteiger partial charge in [0.15, 0.2) is 0 Å². The highest BCUT2D eigenvalue weighted by atomic mass is 79.9. The Morgan fingerprint density at radius 3 is 2.67 bits per heavy atom. The summed E-state index contributed by atoms with van der Waals surface area (Å²) in [7, 11) is -3.55. The van der Waals surface area contributed by atoms with E-state index in [1.165, 1.54) is 0 Å². The van der Waals surface area contributed by atoms with Crippen LogP contribution in [0.25, 0.3) is 0 Å². The van der Waals surface area contributed by atoms with Gasteiger partial charge in [-0.05, 0) is 51.9 Å². The van der Waals surface area contributed by atoms with Gasteiger partial charge in [-0.1, -0.05) is 13.0 Å². The zero-order valence-electron chi connectivity index (χ0n) is 12.1. The molecule has 1 fully saturated rings. The Morgan fingerprint density at radius 1 is 1.38 bits per heavy atom. The molecule has 1 aliphatic rings. The molecule has 1 aromatic rings. The molecule has 5 nitrogen and oxygen atoms in total. The quantitative estimate of drug-likeness (QED) is 0.823. The minimum Gasteiger partial charge on any atom is -0.381 e. The van der Waals surface area contributed by atoms with Gasteiger partial charge in [-0.3, -0.25) is 0 Å². The predicted molar refractivity (Wildman–Crippen MR) is 85.4 cm³/mol. The van der Waals surface area contributed by atoms with Crippen LogP contribution in [-0.4, -0.2) is 28.2 Å². The van der Waals surface area contributed by atoms with Gasteiger partial charge < -0.3 is 10.5 Å². The maximum atomic E-state index is 12.5. The monoisotopic (exact) mass is 376 g/mol.